The van der Waals surface area contributed by atoms with Gasteiger partial charge in [-0.15, -0.1) is 0 Å². The lowest BCUT2D eigenvalue weighted by Crippen LogP contribution is -1.96. The van der Waals surface area contributed by atoms with Crippen LogP contribution in [0.15, 0.2) is 24.3 Å². The summed E-state index contributed by atoms with van der Waals surface area (Å²) in [7, 11) is 0. The van der Waals surface area contributed by atoms with Gasteiger partial charge >= 0.3 is 0 Å². The molecule has 0 aliphatic heterocycles. The molecule has 1 aromatic carbocycles. The smallest absolute Gasteiger partial charge is 0.130 e. The molecule has 1 heterocycles. The Morgan fingerprint density at radius 2 is 2.00 bits per heavy atom. The number of aryl methyl sites for hydroxylation is 3. The molecule has 1 N–H and O–H groups in total. The Balaban J connectivity index is 2.63. The second kappa shape index (κ2) is 4.80. The molecule has 0 amide bonds. The maximum Gasteiger partial charge on any atom is 0.130 e. The standard InChI is InChI=1S/C14H16N2S/c1-4-13-15-12(8-14(17)16-13)11-7-9(2)5-6-10(11)3/h5-8H,4H2,1-3H3,(H,15,16,17). The lowest BCUT2D eigenvalue weighted by molar-refractivity contribution is 0.936. The van der Waals surface area contributed by atoms with E-state index in [0.717, 1.165) is 17.9 Å². The Labute approximate surface area is 107 Å². The van der Waals surface area contributed by atoms with Crippen LogP contribution in [0.4, 0.5) is 0 Å². The predicted octanol–water partition coefficient (Wildman–Crippen LogP) is 3.99. The first-order chi connectivity index (χ1) is 8.10. The van der Waals surface area contributed by atoms with E-state index < -0.39 is 0 Å². The van der Waals surface area contributed by atoms with Gasteiger partial charge in [-0.3, -0.25) is 0 Å². The highest BCUT2D eigenvalue weighted by atomic mass is 32.1. The summed E-state index contributed by atoms with van der Waals surface area (Å²) in [6, 6.07) is 8.36. The molecule has 3 heteroatoms. The molecule has 0 aliphatic rings. The van der Waals surface area contributed by atoms with Gasteiger partial charge in [0.2, 0.25) is 0 Å². The van der Waals surface area contributed by atoms with E-state index in [2.05, 4.69) is 48.9 Å². The van der Waals surface area contributed by atoms with Crippen LogP contribution in [0.25, 0.3) is 11.3 Å². The van der Waals surface area contributed by atoms with E-state index in [1.54, 1.807) is 0 Å². The Bertz CT molecular complexity index is 599. The average molecular weight is 244 g/mol. The molecule has 0 saturated heterocycles. The van der Waals surface area contributed by atoms with Gasteiger partial charge in [0.05, 0.1) is 0 Å². The number of H-pyrrole nitrogens is 1. The number of nitrogens with zero attached hydrogens (tertiary/aromatic N) is 1. The van der Waals surface area contributed by atoms with Crippen LogP contribution in [-0.4, -0.2) is 9.97 Å². The Morgan fingerprint density at radius 3 is 2.71 bits per heavy atom. The fourth-order valence-electron chi connectivity index (χ4n) is 1.85. The minimum atomic E-state index is 0.650. The van der Waals surface area contributed by atoms with Gasteiger partial charge < -0.3 is 4.98 Å². The third-order valence-electron chi connectivity index (χ3n) is 2.81. The highest BCUT2D eigenvalue weighted by Crippen LogP contribution is 2.22. The fourth-order valence-corrected chi connectivity index (χ4v) is 2.07. The molecular formula is C14H16N2S. The predicted molar refractivity (Wildman–Crippen MR) is 73.7 cm³/mol. The number of hydrogen-bond donors (Lipinski definition) is 1. The van der Waals surface area contributed by atoms with Gasteiger partial charge in [0.25, 0.3) is 0 Å². The maximum atomic E-state index is 5.20. The molecule has 1 aromatic heterocycles. The molecular weight excluding hydrogens is 228 g/mol. The van der Waals surface area contributed by atoms with E-state index in [1.807, 2.05) is 6.07 Å². The van der Waals surface area contributed by atoms with Crippen molar-refractivity contribution >= 4 is 12.2 Å². The number of aromatic amines is 1. The normalized spacial score (nSPS) is 10.5. The quantitative estimate of drug-likeness (QED) is 0.809. The summed E-state index contributed by atoms with van der Waals surface area (Å²) >= 11 is 5.20. The molecule has 0 bridgehead atoms. The summed E-state index contributed by atoms with van der Waals surface area (Å²) in [5.41, 5.74) is 4.76. The molecule has 2 aromatic rings. The van der Waals surface area contributed by atoms with Crippen LogP contribution in [0.5, 0.6) is 0 Å². The van der Waals surface area contributed by atoms with Gasteiger partial charge in [-0.25, -0.2) is 4.98 Å². The van der Waals surface area contributed by atoms with Crippen molar-refractivity contribution in [2.24, 2.45) is 0 Å². The van der Waals surface area contributed by atoms with E-state index in [-0.39, 0.29) is 0 Å². The van der Waals surface area contributed by atoms with Gasteiger partial charge in [0.15, 0.2) is 0 Å². The molecule has 0 aliphatic carbocycles. The largest absolute Gasteiger partial charge is 0.343 e. The number of rotatable bonds is 2. The summed E-state index contributed by atoms with van der Waals surface area (Å²) in [4.78, 5) is 7.63. The van der Waals surface area contributed by atoms with Crippen LogP contribution < -0.4 is 0 Å². The number of benzene rings is 1. The molecule has 0 radical (unpaired) electrons. The van der Waals surface area contributed by atoms with Crippen molar-refractivity contribution < 1.29 is 0 Å². The van der Waals surface area contributed by atoms with E-state index in [4.69, 9.17) is 12.2 Å². The number of aromatic nitrogens is 2. The van der Waals surface area contributed by atoms with Gasteiger partial charge in [-0.2, -0.15) is 0 Å². The number of hydrogen-bond acceptors (Lipinski definition) is 2. The zero-order valence-electron chi connectivity index (χ0n) is 10.4. The topological polar surface area (TPSA) is 28.7 Å². The van der Waals surface area contributed by atoms with Crippen molar-refractivity contribution in [2.75, 3.05) is 0 Å². The van der Waals surface area contributed by atoms with E-state index in [0.29, 0.717) is 4.64 Å². The van der Waals surface area contributed by atoms with Crippen LogP contribution in [0.1, 0.15) is 23.9 Å². The molecule has 0 fully saturated rings. The fraction of sp³-hybridized carbons (Fsp3) is 0.286. The third-order valence-corrected chi connectivity index (χ3v) is 3.02. The lowest BCUT2D eigenvalue weighted by atomic mass is 10.0. The van der Waals surface area contributed by atoms with E-state index >= 15 is 0 Å². The molecule has 2 nitrogen and oxygen atoms in total. The van der Waals surface area contributed by atoms with Crippen LogP contribution >= 0.6 is 12.2 Å². The highest BCUT2D eigenvalue weighted by molar-refractivity contribution is 7.71. The summed E-state index contributed by atoms with van der Waals surface area (Å²) in [6.07, 6.45) is 0.863. The Morgan fingerprint density at radius 1 is 1.24 bits per heavy atom. The minimum absolute atomic E-state index is 0.650. The van der Waals surface area contributed by atoms with Crippen molar-refractivity contribution in [1.82, 2.24) is 9.97 Å². The molecule has 0 unspecified atom stereocenters. The Hall–Kier alpha value is -1.48. The second-order valence-electron chi connectivity index (χ2n) is 4.25. The molecule has 0 spiro atoms. The van der Waals surface area contributed by atoms with Crippen molar-refractivity contribution in [3.05, 3.63) is 45.9 Å². The minimum Gasteiger partial charge on any atom is -0.343 e. The first kappa shape index (κ1) is 12.0. The molecule has 88 valence electrons. The van der Waals surface area contributed by atoms with Gasteiger partial charge in [0.1, 0.15) is 10.5 Å². The van der Waals surface area contributed by atoms with Crippen molar-refractivity contribution in [1.29, 1.82) is 0 Å². The van der Waals surface area contributed by atoms with E-state index in [1.165, 1.54) is 16.7 Å². The second-order valence-corrected chi connectivity index (χ2v) is 4.67. The van der Waals surface area contributed by atoms with Gasteiger partial charge in [-0.05, 0) is 31.5 Å². The molecule has 0 saturated carbocycles. The Kier molecular flexibility index (Phi) is 3.38. The zero-order valence-corrected chi connectivity index (χ0v) is 11.2. The van der Waals surface area contributed by atoms with Crippen molar-refractivity contribution in [3.63, 3.8) is 0 Å². The van der Waals surface area contributed by atoms with Crippen molar-refractivity contribution in [3.8, 4) is 11.3 Å². The number of nitrogens with one attached hydrogen (secondary N) is 1. The summed E-state index contributed by atoms with van der Waals surface area (Å²) in [5, 5.41) is 0. The summed E-state index contributed by atoms with van der Waals surface area (Å²) in [5.74, 6) is 0.938. The maximum absolute atomic E-state index is 5.20. The van der Waals surface area contributed by atoms with Crippen LogP contribution in [0, 0.1) is 18.5 Å². The first-order valence-corrected chi connectivity index (χ1v) is 6.19. The highest BCUT2D eigenvalue weighted by Gasteiger charge is 2.04. The molecule has 0 atom stereocenters. The van der Waals surface area contributed by atoms with Crippen molar-refractivity contribution in [2.45, 2.75) is 27.2 Å². The average Bonchev–Trinajstić information content (AvgIpc) is 2.31. The summed E-state index contributed by atoms with van der Waals surface area (Å²) < 4.78 is 0.650. The van der Waals surface area contributed by atoms with Gasteiger partial charge in [-0.1, -0.05) is 36.8 Å². The zero-order chi connectivity index (χ0) is 12.4. The monoisotopic (exact) mass is 244 g/mol. The first-order valence-electron chi connectivity index (χ1n) is 5.78. The molecule has 2 rings (SSSR count). The SMILES string of the molecule is CCc1nc(=S)cc(-c2cc(C)ccc2C)[nH]1. The lowest BCUT2D eigenvalue weighted by Gasteiger charge is -2.09. The van der Waals surface area contributed by atoms with Crippen LogP contribution in [-0.2, 0) is 6.42 Å². The van der Waals surface area contributed by atoms with Gasteiger partial charge in [0, 0.05) is 17.7 Å². The van der Waals surface area contributed by atoms with E-state index in [9.17, 15) is 0 Å². The summed E-state index contributed by atoms with van der Waals surface area (Å²) in [6.45, 7) is 6.28. The van der Waals surface area contributed by atoms with Crippen LogP contribution in [0.3, 0.4) is 0 Å². The molecule has 17 heavy (non-hydrogen) atoms. The third kappa shape index (κ3) is 2.61. The van der Waals surface area contributed by atoms with Crippen LogP contribution in [0.2, 0.25) is 0 Å².